The van der Waals surface area contributed by atoms with Crippen LogP contribution in [-0.2, 0) is 11.3 Å². The van der Waals surface area contributed by atoms with Crippen LogP contribution < -0.4 is 5.32 Å². The Kier molecular flexibility index (Phi) is 5.46. The Balaban J connectivity index is 2.60. The van der Waals surface area contributed by atoms with Gasteiger partial charge in [-0.05, 0) is 38.6 Å². The van der Waals surface area contributed by atoms with Crippen LogP contribution in [0.5, 0.6) is 0 Å². The molecule has 1 aromatic rings. The highest BCUT2D eigenvalue weighted by Gasteiger charge is 2.09. The normalized spacial score (nSPS) is 10.6. The van der Waals surface area contributed by atoms with Gasteiger partial charge in [0.25, 0.3) is 0 Å². The maximum atomic E-state index is 13.2. The van der Waals surface area contributed by atoms with Gasteiger partial charge in [0, 0.05) is 12.6 Å². The first-order valence-electron chi connectivity index (χ1n) is 6.08. The Morgan fingerprint density at radius 3 is 2.79 bits per heavy atom. The van der Waals surface area contributed by atoms with Gasteiger partial charge >= 0.3 is 0 Å². The lowest BCUT2D eigenvalue weighted by atomic mass is 10.1. The summed E-state index contributed by atoms with van der Waals surface area (Å²) in [5.74, 6) is -0.577. The van der Waals surface area contributed by atoms with E-state index in [-0.39, 0.29) is 24.1 Å². The number of nitrogens with zero attached hydrogens (tertiary/aromatic N) is 2. The summed E-state index contributed by atoms with van der Waals surface area (Å²) in [6.07, 6.45) is 0. The van der Waals surface area contributed by atoms with Gasteiger partial charge < -0.3 is 5.32 Å². The molecule has 0 heterocycles. The standard InChI is InChI=1S/C14H18FN3O/c1-10(2)17-14(19)9-18(3)8-11-4-5-13(15)12(6-11)7-16/h4-6,10H,8-9H2,1-3H3,(H,17,19). The highest BCUT2D eigenvalue weighted by Crippen LogP contribution is 2.11. The van der Waals surface area contributed by atoms with Crippen molar-refractivity contribution in [2.75, 3.05) is 13.6 Å². The Bertz CT molecular complexity index is 494. The molecule has 0 unspecified atom stereocenters. The summed E-state index contributed by atoms with van der Waals surface area (Å²) >= 11 is 0. The molecule has 1 rings (SSSR count). The van der Waals surface area contributed by atoms with Crippen molar-refractivity contribution in [3.63, 3.8) is 0 Å². The lowest BCUT2D eigenvalue weighted by Crippen LogP contribution is -2.38. The minimum absolute atomic E-state index is 0.0255. The summed E-state index contributed by atoms with van der Waals surface area (Å²) in [6.45, 7) is 4.55. The maximum Gasteiger partial charge on any atom is 0.234 e. The predicted molar refractivity (Wildman–Crippen MR) is 70.7 cm³/mol. The van der Waals surface area contributed by atoms with Crippen LogP contribution >= 0.6 is 0 Å². The maximum absolute atomic E-state index is 13.2. The van der Waals surface area contributed by atoms with Gasteiger partial charge in [-0.15, -0.1) is 0 Å². The largest absolute Gasteiger partial charge is 0.353 e. The molecular weight excluding hydrogens is 245 g/mol. The van der Waals surface area contributed by atoms with E-state index in [1.807, 2.05) is 18.7 Å². The lowest BCUT2D eigenvalue weighted by Gasteiger charge is -2.17. The van der Waals surface area contributed by atoms with Gasteiger partial charge in [0.15, 0.2) is 0 Å². The van der Waals surface area contributed by atoms with E-state index < -0.39 is 5.82 Å². The summed E-state index contributed by atoms with van der Waals surface area (Å²) in [5.41, 5.74) is 0.829. The van der Waals surface area contributed by atoms with Crippen molar-refractivity contribution in [2.45, 2.75) is 26.4 Å². The highest BCUT2D eigenvalue weighted by atomic mass is 19.1. The zero-order valence-electron chi connectivity index (χ0n) is 11.4. The number of likely N-dealkylation sites (N-methyl/N-ethyl adjacent to an activating group) is 1. The molecule has 0 bridgehead atoms. The number of hydrogen-bond donors (Lipinski definition) is 1. The minimum Gasteiger partial charge on any atom is -0.353 e. The molecule has 1 amide bonds. The molecule has 19 heavy (non-hydrogen) atoms. The fourth-order valence-corrected chi connectivity index (χ4v) is 1.74. The molecule has 1 aromatic carbocycles. The van der Waals surface area contributed by atoms with E-state index >= 15 is 0 Å². The van der Waals surface area contributed by atoms with Gasteiger partial charge in [0.05, 0.1) is 12.1 Å². The monoisotopic (exact) mass is 263 g/mol. The van der Waals surface area contributed by atoms with Gasteiger partial charge in [0.2, 0.25) is 5.91 Å². The molecule has 5 heteroatoms. The summed E-state index contributed by atoms with van der Waals surface area (Å²) in [6, 6.07) is 6.31. The van der Waals surface area contributed by atoms with Gasteiger partial charge in [0.1, 0.15) is 11.9 Å². The van der Waals surface area contributed by atoms with Crippen LogP contribution in [0.15, 0.2) is 18.2 Å². The number of carbonyl (C=O) groups excluding carboxylic acids is 1. The van der Waals surface area contributed by atoms with Gasteiger partial charge in [-0.3, -0.25) is 9.69 Å². The van der Waals surface area contributed by atoms with Crippen molar-refractivity contribution in [1.29, 1.82) is 5.26 Å². The molecule has 0 saturated carbocycles. The molecule has 0 aliphatic heterocycles. The Hall–Kier alpha value is -1.93. The molecule has 0 saturated heterocycles. The third kappa shape index (κ3) is 5.06. The molecule has 1 N–H and O–H groups in total. The Morgan fingerprint density at radius 2 is 2.21 bits per heavy atom. The predicted octanol–water partition coefficient (Wildman–Crippen LogP) is 1.65. The number of nitrogens with one attached hydrogen (secondary N) is 1. The van der Waals surface area contributed by atoms with E-state index in [0.29, 0.717) is 6.54 Å². The van der Waals surface area contributed by atoms with Crippen molar-refractivity contribution in [1.82, 2.24) is 10.2 Å². The highest BCUT2D eigenvalue weighted by molar-refractivity contribution is 5.78. The zero-order valence-corrected chi connectivity index (χ0v) is 11.4. The lowest BCUT2D eigenvalue weighted by molar-refractivity contribution is -0.122. The summed E-state index contributed by atoms with van der Waals surface area (Å²) in [5, 5.41) is 11.6. The van der Waals surface area contributed by atoms with Gasteiger partial charge in [-0.1, -0.05) is 6.07 Å². The van der Waals surface area contributed by atoms with E-state index in [1.54, 1.807) is 19.2 Å². The molecule has 0 fully saturated rings. The Morgan fingerprint density at radius 1 is 1.53 bits per heavy atom. The first-order chi connectivity index (χ1) is 8.92. The summed E-state index contributed by atoms with van der Waals surface area (Å²) < 4.78 is 13.2. The number of rotatable bonds is 5. The molecule has 0 radical (unpaired) electrons. The van der Waals surface area contributed by atoms with Crippen molar-refractivity contribution >= 4 is 5.91 Å². The van der Waals surface area contributed by atoms with E-state index in [4.69, 9.17) is 5.26 Å². The van der Waals surface area contributed by atoms with E-state index in [9.17, 15) is 9.18 Å². The molecule has 102 valence electrons. The van der Waals surface area contributed by atoms with E-state index in [2.05, 4.69) is 5.32 Å². The first-order valence-corrected chi connectivity index (χ1v) is 6.08. The van der Waals surface area contributed by atoms with Crippen LogP contribution in [0.2, 0.25) is 0 Å². The Labute approximate surface area is 112 Å². The molecule has 0 aliphatic carbocycles. The fraction of sp³-hybridized carbons (Fsp3) is 0.429. The number of benzene rings is 1. The molecule has 0 aromatic heterocycles. The average Bonchev–Trinajstić information content (AvgIpc) is 2.30. The number of nitriles is 1. The smallest absolute Gasteiger partial charge is 0.234 e. The summed E-state index contributed by atoms with van der Waals surface area (Å²) in [4.78, 5) is 13.4. The molecule has 0 aliphatic rings. The second kappa shape index (κ2) is 6.86. The average molecular weight is 263 g/mol. The second-order valence-electron chi connectivity index (χ2n) is 4.82. The topological polar surface area (TPSA) is 56.1 Å². The number of halogens is 1. The first kappa shape index (κ1) is 15.1. The number of amides is 1. The van der Waals surface area contributed by atoms with Crippen molar-refractivity contribution in [3.05, 3.63) is 35.1 Å². The van der Waals surface area contributed by atoms with E-state index in [0.717, 1.165) is 5.56 Å². The fourth-order valence-electron chi connectivity index (χ4n) is 1.74. The summed E-state index contributed by atoms with van der Waals surface area (Å²) in [7, 11) is 1.80. The molecule has 0 spiro atoms. The minimum atomic E-state index is -0.522. The second-order valence-corrected chi connectivity index (χ2v) is 4.82. The van der Waals surface area contributed by atoms with Gasteiger partial charge in [-0.2, -0.15) is 5.26 Å². The molecule has 4 nitrogen and oxygen atoms in total. The van der Waals surface area contributed by atoms with Crippen LogP contribution in [0.4, 0.5) is 4.39 Å². The van der Waals surface area contributed by atoms with Crippen LogP contribution in [0.25, 0.3) is 0 Å². The SMILES string of the molecule is CC(C)NC(=O)CN(C)Cc1ccc(F)c(C#N)c1. The number of carbonyl (C=O) groups is 1. The quantitative estimate of drug-likeness (QED) is 0.879. The van der Waals surface area contributed by atoms with Crippen molar-refractivity contribution < 1.29 is 9.18 Å². The third-order valence-electron chi connectivity index (χ3n) is 2.47. The molecular formula is C14H18FN3O. The van der Waals surface area contributed by atoms with Crippen LogP contribution in [0.1, 0.15) is 25.0 Å². The third-order valence-corrected chi connectivity index (χ3v) is 2.47. The van der Waals surface area contributed by atoms with E-state index in [1.165, 1.54) is 12.1 Å². The van der Waals surface area contributed by atoms with Crippen molar-refractivity contribution in [2.24, 2.45) is 0 Å². The van der Waals surface area contributed by atoms with Crippen LogP contribution in [-0.4, -0.2) is 30.4 Å². The zero-order chi connectivity index (χ0) is 14.4. The van der Waals surface area contributed by atoms with Crippen LogP contribution in [0, 0.1) is 17.1 Å². The van der Waals surface area contributed by atoms with Crippen LogP contribution in [0.3, 0.4) is 0 Å². The number of hydrogen-bond acceptors (Lipinski definition) is 3. The molecule has 0 atom stereocenters. The van der Waals surface area contributed by atoms with Gasteiger partial charge in [-0.25, -0.2) is 4.39 Å². The van der Waals surface area contributed by atoms with Crippen molar-refractivity contribution in [3.8, 4) is 6.07 Å².